The van der Waals surface area contributed by atoms with Gasteiger partial charge in [-0.2, -0.15) is 0 Å². The summed E-state index contributed by atoms with van der Waals surface area (Å²) in [5.74, 6) is 0.617. The van der Waals surface area contributed by atoms with Crippen LogP contribution in [0.25, 0.3) is 0 Å². The number of aryl methyl sites for hydroxylation is 1. The van der Waals surface area contributed by atoms with Gasteiger partial charge in [0.1, 0.15) is 0 Å². The highest BCUT2D eigenvalue weighted by molar-refractivity contribution is 5.41. The molecule has 0 aliphatic rings. The molecule has 0 fully saturated rings. The van der Waals surface area contributed by atoms with Crippen LogP contribution in [0.5, 0.6) is 0 Å². The lowest BCUT2D eigenvalue weighted by atomic mass is 9.68. The lowest BCUT2D eigenvalue weighted by Crippen LogP contribution is -2.24. The van der Waals surface area contributed by atoms with E-state index < -0.39 is 0 Å². The molecule has 0 amide bonds. The van der Waals surface area contributed by atoms with Crippen LogP contribution in [0.2, 0.25) is 0 Å². The Bertz CT molecular complexity index is 438. The molecule has 0 saturated carbocycles. The van der Waals surface area contributed by atoms with Gasteiger partial charge >= 0.3 is 0 Å². The standard InChI is InChI=1S/C19H32.2CH4/c1-13-10-11-16(15(3)14(13)2)17(19(7,8)9)12-18(4,5)6;;/h10-11,17H,12H2,1-9H3;2*1H4. The number of benzene rings is 1. The zero-order valence-corrected chi connectivity index (χ0v) is 14.4. The minimum absolute atomic E-state index is 0. The van der Waals surface area contributed by atoms with Crippen LogP contribution in [0, 0.1) is 31.6 Å². The summed E-state index contributed by atoms with van der Waals surface area (Å²) in [7, 11) is 0. The molecule has 0 aliphatic heterocycles. The molecule has 124 valence electrons. The van der Waals surface area contributed by atoms with Gasteiger partial charge in [-0.3, -0.25) is 0 Å². The number of hydrogen-bond donors (Lipinski definition) is 0. The van der Waals surface area contributed by atoms with Crippen molar-refractivity contribution in [3.8, 4) is 0 Å². The molecule has 1 aromatic rings. The Morgan fingerprint density at radius 2 is 1.29 bits per heavy atom. The van der Waals surface area contributed by atoms with Gasteiger partial charge < -0.3 is 0 Å². The van der Waals surface area contributed by atoms with E-state index in [-0.39, 0.29) is 14.9 Å². The first-order valence-electron chi connectivity index (χ1n) is 7.50. The smallest absolute Gasteiger partial charge is 0.0106 e. The third-order valence-corrected chi connectivity index (χ3v) is 4.34. The summed E-state index contributed by atoms with van der Waals surface area (Å²) in [6.07, 6.45) is 1.24. The van der Waals surface area contributed by atoms with Gasteiger partial charge in [0, 0.05) is 0 Å². The molecule has 0 spiro atoms. The maximum atomic E-state index is 2.37. The van der Waals surface area contributed by atoms with E-state index in [9.17, 15) is 0 Å². The van der Waals surface area contributed by atoms with E-state index in [0.29, 0.717) is 16.7 Å². The van der Waals surface area contributed by atoms with Crippen LogP contribution in [-0.2, 0) is 0 Å². The first-order valence-corrected chi connectivity index (χ1v) is 7.50. The van der Waals surface area contributed by atoms with E-state index >= 15 is 0 Å². The van der Waals surface area contributed by atoms with Gasteiger partial charge in [0.2, 0.25) is 0 Å². The molecule has 0 heteroatoms. The van der Waals surface area contributed by atoms with E-state index in [4.69, 9.17) is 0 Å². The molecule has 1 unspecified atom stereocenters. The predicted octanol–water partition coefficient (Wildman–Crippen LogP) is 7.45. The van der Waals surface area contributed by atoms with Crippen LogP contribution in [0.1, 0.15) is 91.0 Å². The van der Waals surface area contributed by atoms with Crippen LogP contribution in [0.15, 0.2) is 12.1 Å². The van der Waals surface area contributed by atoms with Crippen molar-refractivity contribution in [1.82, 2.24) is 0 Å². The van der Waals surface area contributed by atoms with Crippen LogP contribution >= 0.6 is 0 Å². The average Bonchev–Trinajstić information content (AvgIpc) is 2.21. The van der Waals surface area contributed by atoms with Crippen molar-refractivity contribution >= 4 is 0 Å². The molecular formula is C21H40. The maximum Gasteiger partial charge on any atom is -0.0106 e. The van der Waals surface area contributed by atoms with Crippen LogP contribution in [0.4, 0.5) is 0 Å². The number of rotatable bonds is 2. The Kier molecular flexibility index (Phi) is 8.01. The molecular weight excluding hydrogens is 252 g/mol. The van der Waals surface area contributed by atoms with Gasteiger partial charge in [0.05, 0.1) is 0 Å². The van der Waals surface area contributed by atoms with E-state index in [1.807, 2.05) is 0 Å². The van der Waals surface area contributed by atoms with Gasteiger partial charge in [0.25, 0.3) is 0 Å². The molecule has 1 aromatic carbocycles. The lowest BCUT2D eigenvalue weighted by molar-refractivity contribution is 0.228. The highest BCUT2D eigenvalue weighted by Gasteiger charge is 2.31. The molecule has 0 bridgehead atoms. The van der Waals surface area contributed by atoms with Crippen LogP contribution < -0.4 is 0 Å². The Balaban J connectivity index is 0. The summed E-state index contributed by atoms with van der Waals surface area (Å²) in [5, 5.41) is 0. The van der Waals surface area contributed by atoms with Gasteiger partial charge in [0.15, 0.2) is 0 Å². The molecule has 0 N–H and O–H groups in total. The largest absolute Gasteiger partial charge is 0.0776 e. The van der Waals surface area contributed by atoms with Crippen molar-refractivity contribution < 1.29 is 0 Å². The monoisotopic (exact) mass is 292 g/mol. The molecule has 0 nitrogen and oxygen atoms in total. The Morgan fingerprint density at radius 1 is 0.810 bits per heavy atom. The van der Waals surface area contributed by atoms with Crippen molar-refractivity contribution in [2.75, 3.05) is 0 Å². The van der Waals surface area contributed by atoms with Crippen molar-refractivity contribution in [2.45, 2.75) is 89.5 Å². The Labute approximate surface area is 135 Å². The first kappa shape index (κ1) is 22.5. The highest BCUT2D eigenvalue weighted by atomic mass is 14.4. The fraction of sp³-hybridized carbons (Fsp3) is 0.714. The molecule has 1 atom stereocenters. The zero-order chi connectivity index (χ0) is 15.0. The van der Waals surface area contributed by atoms with Crippen molar-refractivity contribution in [2.24, 2.45) is 10.8 Å². The van der Waals surface area contributed by atoms with Crippen molar-refractivity contribution in [3.63, 3.8) is 0 Å². The molecule has 21 heavy (non-hydrogen) atoms. The van der Waals surface area contributed by atoms with Gasteiger partial charge in [-0.1, -0.05) is 68.5 Å². The fourth-order valence-electron chi connectivity index (χ4n) is 2.85. The quantitative estimate of drug-likeness (QED) is 0.531. The third-order valence-electron chi connectivity index (χ3n) is 4.34. The summed E-state index contributed by atoms with van der Waals surface area (Å²) < 4.78 is 0. The summed E-state index contributed by atoms with van der Waals surface area (Å²) in [4.78, 5) is 0. The molecule has 0 aliphatic carbocycles. The van der Waals surface area contributed by atoms with Crippen molar-refractivity contribution in [1.29, 1.82) is 0 Å². The Hall–Kier alpha value is -0.780. The second kappa shape index (κ2) is 7.47. The normalized spacial score (nSPS) is 13.2. The second-order valence-electron chi connectivity index (χ2n) is 8.41. The summed E-state index contributed by atoms with van der Waals surface area (Å²) >= 11 is 0. The molecule has 0 heterocycles. The third kappa shape index (κ3) is 5.85. The van der Waals surface area contributed by atoms with Crippen LogP contribution in [-0.4, -0.2) is 0 Å². The topological polar surface area (TPSA) is 0 Å². The van der Waals surface area contributed by atoms with Gasteiger partial charge in [-0.25, -0.2) is 0 Å². The van der Waals surface area contributed by atoms with E-state index in [1.165, 1.54) is 23.1 Å². The van der Waals surface area contributed by atoms with Gasteiger partial charge in [-0.05, 0) is 66.2 Å². The maximum absolute atomic E-state index is 2.37. The van der Waals surface area contributed by atoms with E-state index in [0.717, 1.165) is 0 Å². The van der Waals surface area contributed by atoms with Crippen LogP contribution in [0.3, 0.4) is 0 Å². The minimum Gasteiger partial charge on any atom is -0.0776 e. The summed E-state index contributed by atoms with van der Waals surface area (Å²) in [6, 6.07) is 4.65. The predicted molar refractivity (Wildman–Crippen MR) is 100 cm³/mol. The SMILES string of the molecule is C.C.Cc1ccc(C(CC(C)(C)C)C(C)(C)C)c(C)c1C. The average molecular weight is 293 g/mol. The summed E-state index contributed by atoms with van der Waals surface area (Å²) in [6.45, 7) is 20.9. The molecule has 0 radical (unpaired) electrons. The molecule has 1 rings (SSSR count). The fourth-order valence-corrected chi connectivity index (χ4v) is 2.85. The molecule has 0 saturated heterocycles. The molecule has 0 aromatic heterocycles. The zero-order valence-electron chi connectivity index (χ0n) is 14.4. The van der Waals surface area contributed by atoms with E-state index in [2.05, 4.69) is 74.4 Å². The van der Waals surface area contributed by atoms with E-state index in [1.54, 1.807) is 5.56 Å². The van der Waals surface area contributed by atoms with Gasteiger partial charge in [-0.15, -0.1) is 0 Å². The second-order valence-corrected chi connectivity index (χ2v) is 8.41. The highest BCUT2D eigenvalue weighted by Crippen LogP contribution is 2.44. The number of hydrogen-bond acceptors (Lipinski definition) is 0. The lowest BCUT2D eigenvalue weighted by Gasteiger charge is -2.37. The van der Waals surface area contributed by atoms with Crippen molar-refractivity contribution in [3.05, 3.63) is 34.4 Å². The minimum atomic E-state index is 0. The first-order chi connectivity index (χ1) is 8.43. The summed E-state index contributed by atoms with van der Waals surface area (Å²) in [5.41, 5.74) is 6.57. The Morgan fingerprint density at radius 3 is 1.67 bits per heavy atom.